The maximum atomic E-state index is 14.5. The van der Waals surface area contributed by atoms with Gasteiger partial charge in [-0.2, -0.15) is 18.2 Å². The van der Waals surface area contributed by atoms with E-state index in [2.05, 4.69) is 34.6 Å². The van der Waals surface area contributed by atoms with Crippen LogP contribution in [0.5, 0.6) is 0 Å². The van der Waals surface area contributed by atoms with Crippen LogP contribution in [0.4, 0.5) is 29.2 Å². The summed E-state index contributed by atoms with van der Waals surface area (Å²) in [7, 11) is 0. The van der Waals surface area contributed by atoms with Crippen molar-refractivity contribution < 1.29 is 22.1 Å². The van der Waals surface area contributed by atoms with E-state index < -0.39 is 17.9 Å². The number of alkyl halides is 3. The van der Waals surface area contributed by atoms with Gasteiger partial charge in [-0.05, 0) is 6.07 Å². The van der Waals surface area contributed by atoms with Gasteiger partial charge in [-0.1, -0.05) is 5.16 Å². The van der Waals surface area contributed by atoms with Crippen molar-refractivity contribution in [1.29, 1.82) is 0 Å². The molecule has 0 saturated carbocycles. The molecule has 4 aromatic heterocycles. The first kappa shape index (κ1) is 18.9. The largest absolute Gasteiger partial charge is 0.471 e. The molecule has 0 spiro atoms. The van der Waals surface area contributed by atoms with Gasteiger partial charge in [0.15, 0.2) is 11.6 Å². The highest BCUT2D eigenvalue weighted by molar-refractivity contribution is 7.15. The topological polar surface area (TPSA) is 93.7 Å². The molecule has 0 unspecified atom stereocenters. The molecule has 0 fully saturated rings. The van der Waals surface area contributed by atoms with Gasteiger partial charge in [0.25, 0.3) is 0 Å². The van der Waals surface area contributed by atoms with Crippen molar-refractivity contribution in [1.82, 2.24) is 30.1 Å². The van der Waals surface area contributed by atoms with Gasteiger partial charge in [0.05, 0.1) is 28.7 Å². The van der Waals surface area contributed by atoms with Crippen LogP contribution in [0.15, 0.2) is 47.8 Å². The van der Waals surface area contributed by atoms with Gasteiger partial charge in [0.1, 0.15) is 5.82 Å². The average molecular weight is 423 g/mol. The van der Waals surface area contributed by atoms with E-state index in [9.17, 15) is 17.6 Å². The van der Waals surface area contributed by atoms with Crippen LogP contribution in [-0.4, -0.2) is 30.1 Å². The lowest BCUT2D eigenvalue weighted by molar-refractivity contribution is -0.159. The van der Waals surface area contributed by atoms with Gasteiger partial charge in [0, 0.05) is 24.8 Å². The van der Waals surface area contributed by atoms with E-state index in [0.717, 1.165) is 17.4 Å². The first-order chi connectivity index (χ1) is 13.9. The Kier molecular flexibility index (Phi) is 4.88. The third-order valence-corrected chi connectivity index (χ3v) is 4.69. The summed E-state index contributed by atoms with van der Waals surface area (Å²) < 4.78 is 56.7. The summed E-state index contributed by atoms with van der Waals surface area (Å²) in [5.74, 6) is -1.70. The van der Waals surface area contributed by atoms with Gasteiger partial charge >= 0.3 is 12.1 Å². The normalized spacial score (nSPS) is 11.6. The van der Waals surface area contributed by atoms with Crippen LogP contribution < -0.4 is 4.90 Å². The van der Waals surface area contributed by atoms with Crippen molar-refractivity contribution >= 4 is 23.0 Å². The number of rotatable bonds is 5. The zero-order valence-electron chi connectivity index (χ0n) is 14.2. The van der Waals surface area contributed by atoms with Crippen molar-refractivity contribution in [3.63, 3.8) is 0 Å². The second kappa shape index (κ2) is 7.50. The third kappa shape index (κ3) is 4.03. The maximum Gasteiger partial charge on any atom is 0.471 e. The minimum atomic E-state index is -4.78. The Bertz CT molecular complexity index is 1060. The first-order valence-corrected chi connectivity index (χ1v) is 8.72. The zero-order chi connectivity index (χ0) is 20.4. The molecule has 0 radical (unpaired) electrons. The molecule has 148 valence electrons. The fraction of sp³-hybridized carbons (Fsp3) is 0.125. The lowest BCUT2D eigenvalue weighted by Gasteiger charge is -2.21. The molecule has 4 aromatic rings. The van der Waals surface area contributed by atoms with Gasteiger partial charge in [-0.3, -0.25) is 9.97 Å². The Labute approximate surface area is 163 Å². The smallest absolute Gasteiger partial charge is 0.329 e. The second-order valence-electron chi connectivity index (χ2n) is 5.52. The molecule has 0 aromatic carbocycles. The second-order valence-corrected chi connectivity index (χ2v) is 6.65. The van der Waals surface area contributed by atoms with Crippen LogP contribution in [-0.2, 0) is 12.7 Å². The summed E-state index contributed by atoms with van der Waals surface area (Å²) in [6, 6.07) is 1.05. The molecule has 0 bridgehead atoms. The van der Waals surface area contributed by atoms with E-state index in [1.54, 1.807) is 4.90 Å². The fourth-order valence-electron chi connectivity index (χ4n) is 2.35. The minimum absolute atomic E-state index is 0.0160. The molecule has 8 nitrogen and oxygen atoms in total. The van der Waals surface area contributed by atoms with Crippen molar-refractivity contribution in [2.24, 2.45) is 0 Å². The first-order valence-electron chi connectivity index (χ1n) is 7.91. The molecular formula is C16H9F4N7OS. The van der Waals surface area contributed by atoms with Gasteiger partial charge in [-0.15, -0.1) is 11.3 Å². The van der Waals surface area contributed by atoms with E-state index in [1.807, 2.05) is 0 Å². The molecule has 0 aliphatic heterocycles. The standard InChI is InChI=1S/C16H9F4N7OS/c17-9-5-10(14-25-15(28-26-14)16(18,19)20)29-11(9)8-27(12-6-21-1-3-23-12)13-7-22-2-4-24-13/h1-7H,8H2. The maximum absolute atomic E-state index is 14.5. The van der Waals surface area contributed by atoms with Crippen LogP contribution in [0.3, 0.4) is 0 Å². The summed E-state index contributed by atoms with van der Waals surface area (Å²) in [5, 5.41) is 3.28. The molecule has 0 atom stereocenters. The summed E-state index contributed by atoms with van der Waals surface area (Å²) in [6.45, 7) is -0.0160. The Balaban J connectivity index is 1.66. The van der Waals surface area contributed by atoms with Gasteiger partial charge in [-0.25, -0.2) is 14.4 Å². The van der Waals surface area contributed by atoms with Crippen LogP contribution in [0.25, 0.3) is 10.7 Å². The lowest BCUT2D eigenvalue weighted by atomic mass is 10.3. The molecule has 4 heterocycles. The van der Waals surface area contributed by atoms with Crippen molar-refractivity contribution in [2.45, 2.75) is 12.7 Å². The summed E-state index contributed by atoms with van der Waals surface area (Å²) in [5.41, 5.74) is 0. The fourth-order valence-corrected chi connectivity index (χ4v) is 3.30. The SMILES string of the molecule is Fc1cc(-c2noc(C(F)(F)F)n2)sc1CN(c1cnccn1)c1cnccn1. The van der Waals surface area contributed by atoms with Crippen molar-refractivity contribution in [2.75, 3.05) is 4.90 Å². The predicted octanol–water partition coefficient (Wildman–Crippen LogP) is 3.87. The molecule has 0 N–H and O–H groups in total. The summed E-state index contributed by atoms with van der Waals surface area (Å²) >= 11 is 0.889. The van der Waals surface area contributed by atoms with E-state index in [4.69, 9.17) is 0 Å². The van der Waals surface area contributed by atoms with Crippen molar-refractivity contribution in [3.8, 4) is 10.7 Å². The molecule has 13 heteroatoms. The third-order valence-electron chi connectivity index (χ3n) is 3.60. The van der Waals surface area contributed by atoms with Crippen LogP contribution in [0.2, 0.25) is 0 Å². The van der Waals surface area contributed by atoms with E-state index >= 15 is 0 Å². The Morgan fingerprint density at radius 1 is 1.00 bits per heavy atom. The van der Waals surface area contributed by atoms with Crippen LogP contribution in [0, 0.1) is 5.82 Å². The zero-order valence-corrected chi connectivity index (χ0v) is 15.0. The van der Waals surface area contributed by atoms with E-state index in [0.29, 0.717) is 11.6 Å². The van der Waals surface area contributed by atoms with Crippen LogP contribution >= 0.6 is 11.3 Å². The van der Waals surface area contributed by atoms with Gasteiger partial charge < -0.3 is 9.42 Å². The monoisotopic (exact) mass is 423 g/mol. The van der Waals surface area contributed by atoms with E-state index in [-0.39, 0.29) is 22.1 Å². The Hall–Kier alpha value is -3.48. The van der Waals surface area contributed by atoms with Gasteiger partial charge in [0.2, 0.25) is 5.82 Å². The molecular weight excluding hydrogens is 414 g/mol. The number of anilines is 2. The van der Waals surface area contributed by atoms with Crippen molar-refractivity contribution in [3.05, 3.63) is 59.8 Å². The summed E-state index contributed by atoms with van der Waals surface area (Å²) in [4.78, 5) is 21.5. The number of hydrogen-bond donors (Lipinski definition) is 0. The molecule has 0 aliphatic rings. The predicted molar refractivity (Wildman–Crippen MR) is 92.5 cm³/mol. The molecule has 0 aliphatic carbocycles. The Morgan fingerprint density at radius 2 is 1.66 bits per heavy atom. The van der Waals surface area contributed by atoms with E-state index in [1.165, 1.54) is 37.2 Å². The number of halogens is 4. The summed E-state index contributed by atoms with van der Waals surface area (Å²) in [6.07, 6.45) is 4.05. The highest BCUT2D eigenvalue weighted by atomic mass is 32.1. The van der Waals surface area contributed by atoms with Crippen LogP contribution in [0.1, 0.15) is 10.8 Å². The number of hydrogen-bond acceptors (Lipinski definition) is 9. The minimum Gasteiger partial charge on any atom is -0.329 e. The lowest BCUT2D eigenvalue weighted by Crippen LogP contribution is -2.19. The number of aromatic nitrogens is 6. The Morgan fingerprint density at radius 3 is 2.17 bits per heavy atom. The average Bonchev–Trinajstić information content (AvgIpc) is 3.34. The highest BCUT2D eigenvalue weighted by Crippen LogP contribution is 2.34. The molecule has 29 heavy (non-hydrogen) atoms. The quantitative estimate of drug-likeness (QED) is 0.447. The molecule has 4 rings (SSSR count). The number of nitrogens with zero attached hydrogens (tertiary/aromatic N) is 7. The molecule has 0 amide bonds. The highest BCUT2D eigenvalue weighted by Gasteiger charge is 2.38. The number of thiophene rings is 1. The molecule has 0 saturated heterocycles.